The Balaban J connectivity index is 2.52. The Morgan fingerprint density at radius 3 is 2.85 bits per heavy atom. The summed E-state index contributed by atoms with van der Waals surface area (Å²) in [6.07, 6.45) is 7.63. The van der Waals surface area contributed by atoms with Crippen molar-refractivity contribution in [3.05, 3.63) is 41.9 Å². The largest absolute Gasteiger partial charge is 0.383 e. The Bertz CT molecular complexity index is 642. The van der Waals surface area contributed by atoms with E-state index in [9.17, 15) is 4.79 Å². The molecule has 20 heavy (non-hydrogen) atoms. The van der Waals surface area contributed by atoms with E-state index in [1.54, 1.807) is 24.7 Å². The van der Waals surface area contributed by atoms with Crippen molar-refractivity contribution in [2.75, 3.05) is 14.1 Å². The lowest BCUT2D eigenvalue weighted by molar-refractivity contribution is 0.104. The van der Waals surface area contributed by atoms with Gasteiger partial charge in [-0.05, 0) is 24.0 Å². The maximum atomic E-state index is 12.3. The number of carbonyl (C=O) groups excluding carboxylic acids is 1. The highest BCUT2D eigenvalue weighted by atomic mass is 16.1. The number of hydrogen-bond donors (Lipinski definition) is 0. The van der Waals surface area contributed by atoms with Gasteiger partial charge < -0.3 is 4.90 Å². The summed E-state index contributed by atoms with van der Waals surface area (Å²) in [6.45, 7) is 4.28. The predicted molar refractivity (Wildman–Crippen MR) is 78.9 cm³/mol. The van der Waals surface area contributed by atoms with Crippen LogP contribution in [0.15, 0.2) is 30.7 Å². The van der Waals surface area contributed by atoms with Gasteiger partial charge in [0.15, 0.2) is 5.78 Å². The van der Waals surface area contributed by atoms with Gasteiger partial charge in [0.05, 0.1) is 11.8 Å². The van der Waals surface area contributed by atoms with Gasteiger partial charge in [-0.3, -0.25) is 4.79 Å². The van der Waals surface area contributed by atoms with Crippen LogP contribution in [0.25, 0.3) is 5.52 Å². The lowest BCUT2D eigenvalue weighted by atomic mass is 9.97. The lowest BCUT2D eigenvalue weighted by Gasteiger charge is -2.10. The second-order valence-corrected chi connectivity index (χ2v) is 5.14. The zero-order chi connectivity index (χ0) is 14.7. The predicted octanol–water partition coefficient (Wildman–Crippen LogP) is 2.50. The molecule has 0 saturated heterocycles. The SMILES string of the molecule is CCC(C)c1ccnn2ncc(C(=O)C=CN(C)C)c12. The van der Waals surface area contributed by atoms with E-state index >= 15 is 0 Å². The van der Waals surface area contributed by atoms with Gasteiger partial charge in [0, 0.05) is 32.6 Å². The lowest BCUT2D eigenvalue weighted by Crippen LogP contribution is -2.05. The molecule has 106 valence electrons. The van der Waals surface area contributed by atoms with Crippen molar-refractivity contribution in [1.29, 1.82) is 0 Å². The second-order valence-electron chi connectivity index (χ2n) is 5.14. The van der Waals surface area contributed by atoms with E-state index in [2.05, 4.69) is 24.0 Å². The van der Waals surface area contributed by atoms with Gasteiger partial charge in [0.25, 0.3) is 0 Å². The molecule has 0 amide bonds. The molecule has 1 unspecified atom stereocenters. The van der Waals surface area contributed by atoms with Crippen LogP contribution in [0.3, 0.4) is 0 Å². The molecular weight excluding hydrogens is 252 g/mol. The van der Waals surface area contributed by atoms with Gasteiger partial charge in [-0.25, -0.2) is 0 Å². The Kier molecular flexibility index (Phi) is 4.17. The Hall–Kier alpha value is -2.17. The maximum absolute atomic E-state index is 12.3. The van der Waals surface area contributed by atoms with Gasteiger partial charge in [0.2, 0.25) is 0 Å². The summed E-state index contributed by atoms with van der Waals surface area (Å²) in [5.41, 5.74) is 2.53. The minimum absolute atomic E-state index is 0.0498. The van der Waals surface area contributed by atoms with Crippen molar-refractivity contribution < 1.29 is 4.79 Å². The molecular formula is C15H20N4O. The minimum Gasteiger partial charge on any atom is -0.383 e. The molecule has 0 saturated carbocycles. The van der Waals surface area contributed by atoms with E-state index < -0.39 is 0 Å². The number of rotatable bonds is 5. The fraction of sp³-hybridized carbons (Fsp3) is 0.400. The van der Waals surface area contributed by atoms with Crippen molar-refractivity contribution in [2.24, 2.45) is 0 Å². The van der Waals surface area contributed by atoms with Crippen LogP contribution in [0.1, 0.15) is 42.1 Å². The number of aromatic nitrogens is 3. The van der Waals surface area contributed by atoms with Gasteiger partial charge in [-0.1, -0.05) is 13.8 Å². The van der Waals surface area contributed by atoms with E-state index in [-0.39, 0.29) is 5.78 Å². The Labute approximate surface area is 118 Å². The summed E-state index contributed by atoms with van der Waals surface area (Å²) in [5.74, 6) is 0.313. The topological polar surface area (TPSA) is 50.5 Å². The summed E-state index contributed by atoms with van der Waals surface area (Å²) < 4.78 is 1.54. The fourth-order valence-corrected chi connectivity index (χ4v) is 2.06. The summed E-state index contributed by atoms with van der Waals surface area (Å²) in [4.78, 5) is 14.1. The molecule has 2 rings (SSSR count). The average molecular weight is 272 g/mol. The van der Waals surface area contributed by atoms with Crippen molar-refractivity contribution in [3.8, 4) is 0 Å². The molecule has 0 aliphatic heterocycles. The molecule has 0 aliphatic rings. The third-order valence-corrected chi connectivity index (χ3v) is 3.39. The summed E-state index contributed by atoms with van der Waals surface area (Å²) >= 11 is 0. The smallest absolute Gasteiger partial charge is 0.191 e. The first kappa shape index (κ1) is 14.2. The second kappa shape index (κ2) is 5.86. The molecule has 0 spiro atoms. The van der Waals surface area contributed by atoms with E-state index in [0.717, 1.165) is 17.5 Å². The third-order valence-electron chi connectivity index (χ3n) is 3.39. The maximum Gasteiger partial charge on any atom is 0.191 e. The first-order chi connectivity index (χ1) is 9.54. The molecule has 2 aromatic heterocycles. The van der Waals surface area contributed by atoms with E-state index in [4.69, 9.17) is 0 Å². The van der Waals surface area contributed by atoms with Crippen LogP contribution >= 0.6 is 0 Å². The van der Waals surface area contributed by atoms with Crippen LogP contribution in [0.2, 0.25) is 0 Å². The number of carbonyl (C=O) groups is 1. The van der Waals surface area contributed by atoms with E-state index in [1.807, 2.05) is 25.1 Å². The number of nitrogens with zero attached hydrogens (tertiary/aromatic N) is 4. The van der Waals surface area contributed by atoms with Gasteiger partial charge >= 0.3 is 0 Å². The van der Waals surface area contributed by atoms with Gasteiger partial charge in [-0.2, -0.15) is 14.8 Å². The molecule has 0 aliphatic carbocycles. The monoisotopic (exact) mass is 272 g/mol. The Morgan fingerprint density at radius 1 is 1.45 bits per heavy atom. The normalized spacial score (nSPS) is 13.0. The van der Waals surface area contributed by atoms with Crippen LogP contribution in [-0.4, -0.2) is 39.6 Å². The van der Waals surface area contributed by atoms with Gasteiger partial charge in [0.1, 0.15) is 5.52 Å². The number of hydrogen-bond acceptors (Lipinski definition) is 4. The molecule has 2 aromatic rings. The Morgan fingerprint density at radius 2 is 2.20 bits per heavy atom. The molecule has 5 heteroatoms. The quantitative estimate of drug-likeness (QED) is 0.620. The zero-order valence-electron chi connectivity index (χ0n) is 12.4. The van der Waals surface area contributed by atoms with E-state index in [0.29, 0.717) is 11.5 Å². The minimum atomic E-state index is -0.0498. The summed E-state index contributed by atoms with van der Waals surface area (Å²) in [7, 11) is 3.76. The van der Waals surface area contributed by atoms with Crippen LogP contribution in [0, 0.1) is 0 Å². The highest BCUT2D eigenvalue weighted by molar-refractivity contribution is 6.09. The molecule has 0 bridgehead atoms. The standard InChI is InChI=1S/C15H20N4O/c1-5-11(2)12-6-8-16-19-15(12)13(10-17-19)14(20)7-9-18(3)4/h6-11H,5H2,1-4H3. The van der Waals surface area contributed by atoms with E-state index in [1.165, 1.54) is 4.63 Å². The number of fused-ring (bicyclic) bond motifs is 1. The zero-order valence-corrected chi connectivity index (χ0v) is 12.4. The average Bonchev–Trinajstić information content (AvgIpc) is 2.87. The molecule has 0 N–H and O–H groups in total. The van der Waals surface area contributed by atoms with Crippen LogP contribution < -0.4 is 0 Å². The van der Waals surface area contributed by atoms with Crippen molar-refractivity contribution in [1.82, 2.24) is 19.7 Å². The molecule has 1 atom stereocenters. The highest BCUT2D eigenvalue weighted by Gasteiger charge is 2.17. The van der Waals surface area contributed by atoms with Gasteiger partial charge in [-0.15, -0.1) is 0 Å². The molecule has 2 heterocycles. The number of allylic oxidation sites excluding steroid dienone is 1. The first-order valence-corrected chi connectivity index (χ1v) is 6.76. The first-order valence-electron chi connectivity index (χ1n) is 6.76. The highest BCUT2D eigenvalue weighted by Crippen LogP contribution is 2.25. The fourth-order valence-electron chi connectivity index (χ4n) is 2.06. The number of ketones is 1. The van der Waals surface area contributed by atoms with Crippen molar-refractivity contribution in [3.63, 3.8) is 0 Å². The molecule has 5 nitrogen and oxygen atoms in total. The van der Waals surface area contributed by atoms with Crippen LogP contribution in [0.4, 0.5) is 0 Å². The third kappa shape index (κ3) is 2.71. The summed E-state index contributed by atoms with van der Waals surface area (Å²) in [6, 6.07) is 1.97. The molecule has 0 radical (unpaired) electrons. The van der Waals surface area contributed by atoms with Crippen molar-refractivity contribution in [2.45, 2.75) is 26.2 Å². The molecule has 0 aromatic carbocycles. The summed E-state index contributed by atoms with van der Waals surface area (Å²) in [5, 5.41) is 8.36. The van der Waals surface area contributed by atoms with Crippen LogP contribution in [-0.2, 0) is 0 Å². The van der Waals surface area contributed by atoms with Crippen LogP contribution in [0.5, 0.6) is 0 Å². The molecule has 0 fully saturated rings. The van der Waals surface area contributed by atoms with Crippen molar-refractivity contribution >= 4 is 11.3 Å².